The van der Waals surface area contributed by atoms with Crippen LogP contribution in [0.5, 0.6) is 0 Å². The van der Waals surface area contributed by atoms with Crippen molar-refractivity contribution in [3.8, 4) is 0 Å². The Morgan fingerprint density at radius 3 is 2.63 bits per heavy atom. The molecule has 3 rings (SSSR count). The molecule has 100 valence electrons. The lowest BCUT2D eigenvalue weighted by atomic mass is 9.90. The molecule has 0 bridgehead atoms. The summed E-state index contributed by atoms with van der Waals surface area (Å²) in [7, 11) is 0. The number of aryl methyl sites for hydroxylation is 1. The fraction of sp³-hybridized carbons (Fsp3) is 0.471. The number of hydrogen-bond acceptors (Lipinski definition) is 2. The fourth-order valence-corrected chi connectivity index (χ4v) is 3.62. The molecule has 1 saturated carbocycles. The molecule has 1 aromatic carbocycles. The molecule has 19 heavy (non-hydrogen) atoms. The summed E-state index contributed by atoms with van der Waals surface area (Å²) in [5.74, 6) is 0.717. The van der Waals surface area contributed by atoms with E-state index in [1.807, 2.05) is 0 Å². The zero-order chi connectivity index (χ0) is 13.2. The molecule has 1 fully saturated rings. The Morgan fingerprint density at radius 1 is 1.16 bits per heavy atom. The first kappa shape index (κ1) is 12.5. The third kappa shape index (κ3) is 2.32. The van der Waals surface area contributed by atoms with Crippen molar-refractivity contribution in [1.29, 1.82) is 0 Å². The lowest BCUT2D eigenvalue weighted by Gasteiger charge is -2.14. The average Bonchev–Trinajstić information content (AvgIpc) is 3.07. The van der Waals surface area contributed by atoms with Crippen molar-refractivity contribution in [1.82, 2.24) is 0 Å². The summed E-state index contributed by atoms with van der Waals surface area (Å²) in [6, 6.07) is 8.57. The van der Waals surface area contributed by atoms with Crippen LogP contribution in [0.1, 0.15) is 49.7 Å². The Bertz CT molecular complexity index is 536. The van der Waals surface area contributed by atoms with Gasteiger partial charge in [-0.1, -0.05) is 53.4 Å². The number of nitrogens with zero attached hydrogens (tertiary/aromatic N) is 1. The van der Waals surface area contributed by atoms with Gasteiger partial charge in [-0.2, -0.15) is 0 Å². The molecule has 1 N–H and O–H groups in total. The summed E-state index contributed by atoms with van der Waals surface area (Å²) in [5.41, 5.74) is 6.15. The second-order valence-electron chi connectivity index (χ2n) is 5.80. The van der Waals surface area contributed by atoms with Crippen LogP contribution in [-0.4, -0.2) is 10.9 Å². The quantitative estimate of drug-likeness (QED) is 0.609. The number of oxime groups is 1. The molecule has 2 heteroatoms. The van der Waals surface area contributed by atoms with E-state index in [-0.39, 0.29) is 0 Å². The Hall–Kier alpha value is -1.57. The van der Waals surface area contributed by atoms with Gasteiger partial charge in [0.05, 0.1) is 5.71 Å². The third-order valence-electron chi connectivity index (χ3n) is 4.52. The van der Waals surface area contributed by atoms with E-state index in [0.717, 1.165) is 24.5 Å². The Kier molecular flexibility index (Phi) is 3.41. The highest BCUT2D eigenvalue weighted by molar-refractivity contribution is 6.26. The maximum Gasteiger partial charge on any atom is 0.0876 e. The second-order valence-corrected chi connectivity index (χ2v) is 5.80. The Morgan fingerprint density at radius 2 is 1.95 bits per heavy atom. The van der Waals surface area contributed by atoms with Crippen LogP contribution in [0.2, 0.25) is 0 Å². The van der Waals surface area contributed by atoms with Gasteiger partial charge >= 0.3 is 0 Å². The molecule has 0 aromatic heterocycles. The zero-order valence-electron chi connectivity index (χ0n) is 11.5. The summed E-state index contributed by atoms with van der Waals surface area (Å²) >= 11 is 0. The number of rotatable bonds is 2. The standard InChI is InChI=1S/C17H21NO/c1-12-5-4-8-14(11-12)17-15(9-10-16(17)18-19)13-6-2-3-7-13/h4-5,8,11,13,19H,2-3,6-7,9-10H2,1H3. The van der Waals surface area contributed by atoms with E-state index in [1.54, 1.807) is 0 Å². The molecular formula is C17H21NO. The minimum atomic E-state index is 0.717. The Balaban J connectivity index is 2.07. The third-order valence-corrected chi connectivity index (χ3v) is 4.52. The molecule has 0 heterocycles. The van der Waals surface area contributed by atoms with Crippen molar-refractivity contribution in [2.45, 2.75) is 45.4 Å². The van der Waals surface area contributed by atoms with E-state index in [9.17, 15) is 5.21 Å². The van der Waals surface area contributed by atoms with Crippen molar-refractivity contribution in [2.24, 2.45) is 11.1 Å². The average molecular weight is 255 g/mol. The van der Waals surface area contributed by atoms with E-state index in [4.69, 9.17) is 0 Å². The van der Waals surface area contributed by atoms with E-state index >= 15 is 0 Å². The van der Waals surface area contributed by atoms with Gasteiger partial charge in [-0.3, -0.25) is 0 Å². The zero-order valence-corrected chi connectivity index (χ0v) is 11.5. The van der Waals surface area contributed by atoms with Crippen molar-refractivity contribution in [3.63, 3.8) is 0 Å². The minimum Gasteiger partial charge on any atom is -0.411 e. The molecule has 0 amide bonds. The van der Waals surface area contributed by atoms with E-state index in [1.165, 1.54) is 48.0 Å². The van der Waals surface area contributed by atoms with Gasteiger partial charge in [0.2, 0.25) is 0 Å². The molecule has 0 saturated heterocycles. The maximum absolute atomic E-state index is 9.28. The van der Waals surface area contributed by atoms with Gasteiger partial charge < -0.3 is 5.21 Å². The van der Waals surface area contributed by atoms with Crippen LogP contribution < -0.4 is 0 Å². The van der Waals surface area contributed by atoms with Crippen LogP contribution in [0.25, 0.3) is 5.57 Å². The predicted octanol–water partition coefficient (Wildman–Crippen LogP) is 4.56. The van der Waals surface area contributed by atoms with E-state index < -0.39 is 0 Å². The maximum atomic E-state index is 9.28. The first-order chi connectivity index (χ1) is 9.29. The van der Waals surface area contributed by atoms with Crippen LogP contribution >= 0.6 is 0 Å². The number of hydrogen-bond donors (Lipinski definition) is 1. The SMILES string of the molecule is Cc1cccc(C2=C(C3CCCC3)CCC2=NO)c1. The molecule has 2 nitrogen and oxygen atoms in total. The van der Waals surface area contributed by atoms with Gasteiger partial charge in [-0.25, -0.2) is 0 Å². The molecule has 0 spiro atoms. The van der Waals surface area contributed by atoms with E-state index in [2.05, 4.69) is 36.3 Å². The predicted molar refractivity (Wildman–Crippen MR) is 78.5 cm³/mol. The van der Waals surface area contributed by atoms with Gasteiger partial charge in [0.1, 0.15) is 0 Å². The topological polar surface area (TPSA) is 32.6 Å². The first-order valence-corrected chi connectivity index (χ1v) is 7.31. The monoisotopic (exact) mass is 255 g/mol. The van der Waals surface area contributed by atoms with Crippen LogP contribution in [0.3, 0.4) is 0 Å². The summed E-state index contributed by atoms with van der Waals surface area (Å²) in [6.07, 6.45) is 7.29. The molecule has 0 unspecified atom stereocenters. The van der Waals surface area contributed by atoms with Crippen LogP contribution in [0.4, 0.5) is 0 Å². The van der Waals surface area contributed by atoms with Gasteiger partial charge in [-0.05, 0) is 44.1 Å². The summed E-state index contributed by atoms with van der Waals surface area (Å²) in [6.45, 7) is 2.12. The minimum absolute atomic E-state index is 0.717. The smallest absolute Gasteiger partial charge is 0.0876 e. The summed E-state index contributed by atoms with van der Waals surface area (Å²) in [5, 5.41) is 12.8. The summed E-state index contributed by atoms with van der Waals surface area (Å²) in [4.78, 5) is 0. The Labute approximate surface area is 114 Å². The normalized spacial score (nSPS) is 22.7. The van der Waals surface area contributed by atoms with Gasteiger partial charge in [0.15, 0.2) is 0 Å². The molecule has 2 aliphatic carbocycles. The highest BCUT2D eigenvalue weighted by Gasteiger charge is 2.29. The molecular weight excluding hydrogens is 234 g/mol. The van der Waals surface area contributed by atoms with Crippen molar-refractivity contribution < 1.29 is 5.21 Å². The largest absolute Gasteiger partial charge is 0.411 e. The highest BCUT2D eigenvalue weighted by atomic mass is 16.4. The molecule has 2 aliphatic rings. The van der Waals surface area contributed by atoms with Gasteiger partial charge in [-0.15, -0.1) is 0 Å². The lowest BCUT2D eigenvalue weighted by molar-refractivity contribution is 0.319. The molecule has 0 atom stereocenters. The lowest BCUT2D eigenvalue weighted by Crippen LogP contribution is -2.02. The number of allylic oxidation sites excluding steroid dienone is 2. The fourth-order valence-electron chi connectivity index (χ4n) is 3.62. The van der Waals surface area contributed by atoms with Crippen molar-refractivity contribution in [2.75, 3.05) is 0 Å². The van der Waals surface area contributed by atoms with Gasteiger partial charge in [0, 0.05) is 5.57 Å². The van der Waals surface area contributed by atoms with Crippen LogP contribution in [0.15, 0.2) is 35.0 Å². The summed E-state index contributed by atoms with van der Waals surface area (Å²) < 4.78 is 0. The van der Waals surface area contributed by atoms with Gasteiger partial charge in [0.25, 0.3) is 0 Å². The van der Waals surface area contributed by atoms with Crippen molar-refractivity contribution >= 4 is 11.3 Å². The van der Waals surface area contributed by atoms with Crippen molar-refractivity contribution in [3.05, 3.63) is 41.0 Å². The van der Waals surface area contributed by atoms with E-state index in [0.29, 0.717) is 0 Å². The number of benzene rings is 1. The molecule has 1 aromatic rings. The first-order valence-electron chi connectivity index (χ1n) is 7.31. The second kappa shape index (κ2) is 5.20. The molecule has 0 radical (unpaired) electrons. The highest BCUT2D eigenvalue weighted by Crippen LogP contribution is 2.42. The van der Waals surface area contributed by atoms with Crippen LogP contribution in [-0.2, 0) is 0 Å². The van der Waals surface area contributed by atoms with Crippen LogP contribution in [0, 0.1) is 12.8 Å². The molecule has 0 aliphatic heterocycles.